The molecule has 2 heterocycles. The summed E-state index contributed by atoms with van der Waals surface area (Å²) in [5.41, 5.74) is 1.24. The van der Waals surface area contributed by atoms with Crippen LogP contribution in [0.1, 0.15) is 23.3 Å². The SMILES string of the molecule is CS(=O)(=O)N1CCC(NC(=O)c2ccn(-c3ccccc3)n2)CC1. The number of amides is 1. The summed E-state index contributed by atoms with van der Waals surface area (Å²) in [6, 6.07) is 11.2. The zero-order valence-electron chi connectivity index (χ0n) is 13.4. The highest BCUT2D eigenvalue weighted by molar-refractivity contribution is 7.88. The first-order valence-electron chi connectivity index (χ1n) is 7.80. The number of aromatic nitrogens is 2. The summed E-state index contributed by atoms with van der Waals surface area (Å²) >= 11 is 0. The zero-order chi connectivity index (χ0) is 17.2. The molecule has 128 valence electrons. The summed E-state index contributed by atoms with van der Waals surface area (Å²) in [6.07, 6.45) is 4.18. The maximum absolute atomic E-state index is 12.3. The van der Waals surface area contributed by atoms with Crippen LogP contribution in [0.15, 0.2) is 42.6 Å². The van der Waals surface area contributed by atoms with Crippen molar-refractivity contribution in [3.63, 3.8) is 0 Å². The number of nitrogens with one attached hydrogen (secondary N) is 1. The van der Waals surface area contributed by atoms with Gasteiger partial charge in [0.2, 0.25) is 10.0 Å². The van der Waals surface area contributed by atoms with Crippen LogP contribution in [0.2, 0.25) is 0 Å². The van der Waals surface area contributed by atoms with Gasteiger partial charge in [0, 0.05) is 25.3 Å². The van der Waals surface area contributed by atoms with E-state index in [1.807, 2.05) is 30.3 Å². The summed E-state index contributed by atoms with van der Waals surface area (Å²) in [5.74, 6) is -0.234. The van der Waals surface area contributed by atoms with Gasteiger partial charge < -0.3 is 5.32 Å². The highest BCUT2D eigenvalue weighted by Gasteiger charge is 2.26. The Morgan fingerprint density at radius 1 is 1.17 bits per heavy atom. The van der Waals surface area contributed by atoms with E-state index in [-0.39, 0.29) is 11.9 Å². The number of rotatable bonds is 4. The van der Waals surface area contributed by atoms with Crippen LogP contribution in [0, 0.1) is 0 Å². The average Bonchev–Trinajstić information content (AvgIpc) is 3.05. The number of hydrogen-bond acceptors (Lipinski definition) is 4. The van der Waals surface area contributed by atoms with Crippen molar-refractivity contribution in [2.24, 2.45) is 0 Å². The van der Waals surface area contributed by atoms with Crippen molar-refractivity contribution >= 4 is 15.9 Å². The highest BCUT2D eigenvalue weighted by Crippen LogP contribution is 2.14. The minimum atomic E-state index is -3.15. The van der Waals surface area contributed by atoms with Crippen LogP contribution in [0.3, 0.4) is 0 Å². The van der Waals surface area contributed by atoms with Crippen molar-refractivity contribution in [1.29, 1.82) is 0 Å². The van der Waals surface area contributed by atoms with Gasteiger partial charge in [0.25, 0.3) is 5.91 Å². The Kier molecular flexibility index (Phi) is 4.68. The molecule has 3 rings (SSSR count). The molecule has 8 heteroatoms. The van der Waals surface area contributed by atoms with E-state index in [9.17, 15) is 13.2 Å². The Morgan fingerprint density at radius 2 is 1.83 bits per heavy atom. The molecule has 0 radical (unpaired) electrons. The second kappa shape index (κ2) is 6.74. The number of sulfonamides is 1. The lowest BCUT2D eigenvalue weighted by Crippen LogP contribution is -2.46. The van der Waals surface area contributed by atoms with Crippen LogP contribution in [0.4, 0.5) is 0 Å². The summed E-state index contributed by atoms with van der Waals surface area (Å²) in [4.78, 5) is 12.3. The fourth-order valence-electron chi connectivity index (χ4n) is 2.76. The maximum atomic E-state index is 12.3. The smallest absolute Gasteiger partial charge is 0.272 e. The van der Waals surface area contributed by atoms with Crippen LogP contribution < -0.4 is 5.32 Å². The van der Waals surface area contributed by atoms with Crippen LogP contribution in [-0.2, 0) is 10.0 Å². The standard InChI is InChI=1S/C16H20N4O3S/c1-24(22,23)19-10-7-13(8-11-19)17-16(21)15-9-12-20(18-15)14-5-3-2-4-6-14/h2-6,9,12-13H,7-8,10-11H2,1H3,(H,17,21). The number of benzene rings is 1. The molecule has 7 nitrogen and oxygen atoms in total. The third-order valence-electron chi connectivity index (χ3n) is 4.10. The Bertz CT molecular complexity index is 809. The first-order valence-corrected chi connectivity index (χ1v) is 9.65. The van der Waals surface area contributed by atoms with Gasteiger partial charge in [0.15, 0.2) is 5.69 Å². The number of para-hydroxylation sites is 1. The van der Waals surface area contributed by atoms with Crippen molar-refractivity contribution in [3.8, 4) is 5.69 Å². The Labute approximate surface area is 141 Å². The normalized spacial score (nSPS) is 16.9. The number of carbonyl (C=O) groups excluding carboxylic acids is 1. The van der Waals surface area contributed by atoms with Gasteiger partial charge in [-0.25, -0.2) is 17.4 Å². The molecule has 1 aromatic heterocycles. The summed E-state index contributed by atoms with van der Waals surface area (Å²) in [6.45, 7) is 0.866. The molecule has 1 aromatic carbocycles. The van der Waals surface area contributed by atoms with Gasteiger partial charge in [-0.05, 0) is 31.0 Å². The fourth-order valence-corrected chi connectivity index (χ4v) is 3.63. The fraction of sp³-hybridized carbons (Fsp3) is 0.375. The lowest BCUT2D eigenvalue weighted by Gasteiger charge is -2.30. The molecule has 1 N–H and O–H groups in total. The van der Waals surface area contributed by atoms with Crippen LogP contribution >= 0.6 is 0 Å². The van der Waals surface area contributed by atoms with E-state index in [0.717, 1.165) is 5.69 Å². The van der Waals surface area contributed by atoms with E-state index in [4.69, 9.17) is 0 Å². The minimum absolute atomic E-state index is 0.0302. The Hall–Kier alpha value is -2.19. The molecule has 0 bridgehead atoms. The predicted molar refractivity (Wildman–Crippen MR) is 90.5 cm³/mol. The molecule has 1 saturated heterocycles. The van der Waals surface area contributed by atoms with Crippen LogP contribution in [0.5, 0.6) is 0 Å². The second-order valence-electron chi connectivity index (χ2n) is 5.89. The number of hydrogen-bond donors (Lipinski definition) is 1. The molecular weight excluding hydrogens is 328 g/mol. The van der Waals surface area contributed by atoms with Gasteiger partial charge in [0.1, 0.15) is 0 Å². The van der Waals surface area contributed by atoms with E-state index < -0.39 is 10.0 Å². The lowest BCUT2D eigenvalue weighted by atomic mass is 10.1. The number of piperidine rings is 1. The molecule has 1 aliphatic rings. The maximum Gasteiger partial charge on any atom is 0.272 e. The molecule has 2 aromatic rings. The Balaban J connectivity index is 1.60. The predicted octanol–water partition coefficient (Wildman–Crippen LogP) is 1.03. The molecule has 1 fully saturated rings. The van der Waals surface area contributed by atoms with Crippen molar-refractivity contribution in [3.05, 3.63) is 48.3 Å². The zero-order valence-corrected chi connectivity index (χ0v) is 14.2. The number of carbonyl (C=O) groups is 1. The van der Waals surface area contributed by atoms with E-state index in [0.29, 0.717) is 31.6 Å². The summed E-state index contributed by atoms with van der Waals surface area (Å²) < 4.78 is 26.1. The van der Waals surface area contributed by atoms with Crippen molar-refractivity contribution in [2.75, 3.05) is 19.3 Å². The average molecular weight is 348 g/mol. The summed E-state index contributed by atoms with van der Waals surface area (Å²) in [7, 11) is -3.15. The minimum Gasteiger partial charge on any atom is -0.348 e. The molecule has 0 saturated carbocycles. The third kappa shape index (κ3) is 3.82. The van der Waals surface area contributed by atoms with E-state index in [1.54, 1.807) is 16.9 Å². The van der Waals surface area contributed by atoms with Gasteiger partial charge in [-0.3, -0.25) is 4.79 Å². The van der Waals surface area contributed by atoms with Crippen molar-refractivity contribution in [1.82, 2.24) is 19.4 Å². The van der Waals surface area contributed by atoms with Crippen molar-refractivity contribution in [2.45, 2.75) is 18.9 Å². The van der Waals surface area contributed by atoms with Gasteiger partial charge >= 0.3 is 0 Å². The first kappa shape index (κ1) is 16.7. The molecule has 24 heavy (non-hydrogen) atoms. The first-order chi connectivity index (χ1) is 11.4. The quantitative estimate of drug-likeness (QED) is 0.894. The molecular formula is C16H20N4O3S. The molecule has 1 amide bonds. The molecule has 0 unspecified atom stereocenters. The molecule has 0 atom stereocenters. The van der Waals surface area contributed by atoms with Gasteiger partial charge in [0.05, 0.1) is 11.9 Å². The molecule has 1 aliphatic heterocycles. The van der Waals surface area contributed by atoms with Crippen LogP contribution in [-0.4, -0.2) is 53.8 Å². The lowest BCUT2D eigenvalue weighted by molar-refractivity contribution is 0.0918. The van der Waals surface area contributed by atoms with E-state index in [2.05, 4.69) is 10.4 Å². The van der Waals surface area contributed by atoms with E-state index in [1.165, 1.54) is 10.6 Å². The van der Waals surface area contributed by atoms with Crippen molar-refractivity contribution < 1.29 is 13.2 Å². The Morgan fingerprint density at radius 3 is 2.46 bits per heavy atom. The van der Waals surface area contributed by atoms with Crippen LogP contribution in [0.25, 0.3) is 5.69 Å². The van der Waals surface area contributed by atoms with Gasteiger partial charge in [-0.2, -0.15) is 5.10 Å². The van der Waals surface area contributed by atoms with Gasteiger partial charge in [-0.15, -0.1) is 0 Å². The largest absolute Gasteiger partial charge is 0.348 e. The number of nitrogens with zero attached hydrogens (tertiary/aromatic N) is 3. The van der Waals surface area contributed by atoms with E-state index >= 15 is 0 Å². The topological polar surface area (TPSA) is 84.3 Å². The monoisotopic (exact) mass is 348 g/mol. The molecule has 0 aliphatic carbocycles. The molecule has 0 spiro atoms. The van der Waals surface area contributed by atoms with Gasteiger partial charge in [-0.1, -0.05) is 18.2 Å². The second-order valence-corrected chi connectivity index (χ2v) is 7.87. The third-order valence-corrected chi connectivity index (χ3v) is 5.40. The highest BCUT2D eigenvalue weighted by atomic mass is 32.2. The summed E-state index contributed by atoms with van der Waals surface area (Å²) in [5, 5.41) is 7.23.